The number of hydrogen-bond acceptors (Lipinski definition) is 5. The lowest BCUT2D eigenvalue weighted by atomic mass is 10.2. The number of benzene rings is 2. The lowest BCUT2D eigenvalue weighted by Gasteiger charge is -2.17. The fourth-order valence-electron chi connectivity index (χ4n) is 3.07. The van der Waals surface area contributed by atoms with Gasteiger partial charge in [-0.15, -0.1) is 0 Å². The van der Waals surface area contributed by atoms with Crippen molar-refractivity contribution in [3.8, 4) is 5.75 Å². The molecule has 3 rings (SSSR count). The average molecular weight is 417 g/mol. The van der Waals surface area contributed by atoms with Crippen LogP contribution in [0.2, 0.25) is 0 Å². The van der Waals surface area contributed by atoms with Crippen LogP contribution in [0.3, 0.4) is 0 Å². The van der Waals surface area contributed by atoms with Crippen molar-refractivity contribution < 1.29 is 22.7 Å². The minimum absolute atomic E-state index is 0.0760. The summed E-state index contributed by atoms with van der Waals surface area (Å²) in [4.78, 5) is 26.6. The highest BCUT2D eigenvalue weighted by Gasteiger charge is 2.31. The molecule has 2 aromatic rings. The summed E-state index contributed by atoms with van der Waals surface area (Å²) in [6, 6.07) is 12.5. The molecule has 0 radical (unpaired) electrons. The van der Waals surface area contributed by atoms with E-state index >= 15 is 0 Å². The summed E-state index contributed by atoms with van der Waals surface area (Å²) in [6.07, 6.45) is 0.199. The molecule has 2 aromatic carbocycles. The van der Waals surface area contributed by atoms with Gasteiger partial charge in [0.05, 0.1) is 18.0 Å². The second-order valence-electron chi connectivity index (χ2n) is 6.89. The fourth-order valence-corrected chi connectivity index (χ4v) is 3.98. The summed E-state index contributed by atoms with van der Waals surface area (Å²) >= 11 is 0. The molecule has 1 unspecified atom stereocenters. The highest BCUT2D eigenvalue weighted by atomic mass is 32.2. The second kappa shape index (κ2) is 8.22. The van der Waals surface area contributed by atoms with Crippen LogP contribution in [0.1, 0.15) is 16.8 Å². The number of rotatable bonds is 6. The smallest absolute Gasteiger partial charge is 0.251 e. The molecule has 0 saturated carbocycles. The van der Waals surface area contributed by atoms with E-state index in [9.17, 15) is 18.0 Å². The first-order chi connectivity index (χ1) is 13.7. The quantitative estimate of drug-likeness (QED) is 0.768. The number of hydrogen-bond donors (Lipinski definition) is 1. The highest BCUT2D eigenvalue weighted by molar-refractivity contribution is 7.89. The maximum atomic E-state index is 12.5. The summed E-state index contributed by atoms with van der Waals surface area (Å²) in [5.41, 5.74) is 1.07. The maximum Gasteiger partial charge on any atom is 0.251 e. The SMILES string of the molecule is COc1ccc(N2CC(NC(=O)c3ccc(S(=O)(=O)N(C)C)cc3)CC2=O)cc1. The summed E-state index contributed by atoms with van der Waals surface area (Å²) in [7, 11) is 0.915. The molecule has 2 amide bonds. The zero-order chi connectivity index (χ0) is 21.2. The molecule has 1 atom stereocenters. The van der Waals surface area contributed by atoms with E-state index in [1.165, 1.54) is 38.4 Å². The zero-order valence-electron chi connectivity index (χ0n) is 16.5. The van der Waals surface area contributed by atoms with Gasteiger partial charge in [0.15, 0.2) is 0 Å². The molecule has 1 fully saturated rings. The number of sulfonamides is 1. The Morgan fingerprint density at radius 1 is 1.10 bits per heavy atom. The molecule has 154 valence electrons. The molecule has 1 saturated heterocycles. The van der Waals surface area contributed by atoms with Crippen LogP contribution in [0.4, 0.5) is 5.69 Å². The van der Waals surface area contributed by atoms with Gasteiger partial charge < -0.3 is 15.0 Å². The molecule has 0 spiro atoms. The summed E-state index contributed by atoms with van der Waals surface area (Å²) in [5, 5.41) is 2.84. The molecule has 9 heteroatoms. The van der Waals surface area contributed by atoms with Crippen molar-refractivity contribution in [1.29, 1.82) is 0 Å². The van der Waals surface area contributed by atoms with Gasteiger partial charge in [-0.3, -0.25) is 9.59 Å². The Hall–Kier alpha value is -2.91. The van der Waals surface area contributed by atoms with E-state index in [1.807, 2.05) is 0 Å². The van der Waals surface area contributed by atoms with Crippen LogP contribution in [0.25, 0.3) is 0 Å². The summed E-state index contributed by atoms with van der Waals surface area (Å²) in [5.74, 6) is 0.269. The first-order valence-corrected chi connectivity index (χ1v) is 10.4. The third-order valence-corrected chi connectivity index (χ3v) is 6.57. The lowest BCUT2D eigenvalue weighted by Crippen LogP contribution is -2.37. The van der Waals surface area contributed by atoms with Gasteiger partial charge in [-0.05, 0) is 48.5 Å². The first-order valence-electron chi connectivity index (χ1n) is 9.00. The van der Waals surface area contributed by atoms with Gasteiger partial charge in [0.1, 0.15) is 5.75 Å². The van der Waals surface area contributed by atoms with Gasteiger partial charge in [-0.1, -0.05) is 0 Å². The molecule has 0 aromatic heterocycles. The highest BCUT2D eigenvalue weighted by Crippen LogP contribution is 2.24. The van der Waals surface area contributed by atoms with Gasteiger partial charge in [0.2, 0.25) is 15.9 Å². The number of methoxy groups -OCH3 is 1. The van der Waals surface area contributed by atoms with E-state index < -0.39 is 10.0 Å². The summed E-state index contributed by atoms with van der Waals surface area (Å²) in [6.45, 7) is 0.365. The van der Waals surface area contributed by atoms with Crippen molar-refractivity contribution in [3.05, 3.63) is 54.1 Å². The van der Waals surface area contributed by atoms with Crippen LogP contribution in [0, 0.1) is 0 Å². The number of carbonyl (C=O) groups is 2. The maximum absolute atomic E-state index is 12.5. The number of amides is 2. The van der Waals surface area contributed by atoms with E-state index in [4.69, 9.17) is 4.74 Å². The van der Waals surface area contributed by atoms with Crippen molar-refractivity contribution in [3.63, 3.8) is 0 Å². The molecular weight excluding hydrogens is 394 g/mol. The molecule has 1 heterocycles. The van der Waals surface area contributed by atoms with E-state index in [0.717, 1.165) is 9.99 Å². The number of anilines is 1. The Kier molecular flexibility index (Phi) is 5.90. The second-order valence-corrected chi connectivity index (χ2v) is 9.04. The van der Waals surface area contributed by atoms with Gasteiger partial charge in [0, 0.05) is 38.3 Å². The molecular formula is C20H23N3O5S. The van der Waals surface area contributed by atoms with Gasteiger partial charge in [-0.2, -0.15) is 0 Å². The van der Waals surface area contributed by atoms with E-state index in [1.54, 1.807) is 36.3 Å². The van der Waals surface area contributed by atoms with Crippen molar-refractivity contribution in [2.45, 2.75) is 17.4 Å². The van der Waals surface area contributed by atoms with Gasteiger partial charge in [0.25, 0.3) is 5.91 Å². The molecule has 1 aliphatic rings. The third kappa shape index (κ3) is 4.41. The standard InChI is InChI=1S/C20H23N3O5S/c1-22(2)29(26,27)18-10-4-14(5-11-18)20(25)21-15-12-19(24)23(13-15)16-6-8-17(28-3)9-7-16/h4-11,15H,12-13H2,1-3H3,(H,21,25). The van der Waals surface area contributed by atoms with Crippen LogP contribution in [0.15, 0.2) is 53.4 Å². The van der Waals surface area contributed by atoms with Crippen LogP contribution in [-0.2, 0) is 14.8 Å². The number of nitrogens with zero attached hydrogens (tertiary/aromatic N) is 2. The Morgan fingerprint density at radius 2 is 1.72 bits per heavy atom. The molecule has 29 heavy (non-hydrogen) atoms. The molecule has 0 bridgehead atoms. The van der Waals surface area contributed by atoms with Crippen LogP contribution in [-0.4, -0.2) is 58.3 Å². The van der Waals surface area contributed by atoms with Crippen molar-refractivity contribution >= 4 is 27.5 Å². The Labute approximate surface area is 170 Å². The summed E-state index contributed by atoms with van der Waals surface area (Å²) < 4.78 is 30.5. The number of carbonyl (C=O) groups excluding carboxylic acids is 2. The monoisotopic (exact) mass is 417 g/mol. The van der Waals surface area contributed by atoms with Crippen LogP contribution in [0.5, 0.6) is 5.75 Å². The molecule has 1 aliphatic heterocycles. The minimum atomic E-state index is -3.55. The number of ether oxygens (including phenoxy) is 1. The Bertz CT molecular complexity index is 1000. The minimum Gasteiger partial charge on any atom is -0.497 e. The van der Waals surface area contributed by atoms with Crippen LogP contribution < -0.4 is 15.0 Å². The molecule has 0 aliphatic carbocycles. The van der Waals surface area contributed by atoms with Crippen LogP contribution >= 0.6 is 0 Å². The fraction of sp³-hybridized carbons (Fsp3) is 0.300. The van der Waals surface area contributed by atoms with E-state index in [-0.39, 0.29) is 29.2 Å². The number of nitrogens with one attached hydrogen (secondary N) is 1. The van der Waals surface area contributed by atoms with Crippen molar-refractivity contribution in [2.75, 3.05) is 32.6 Å². The predicted octanol–water partition coefficient (Wildman–Crippen LogP) is 1.48. The van der Waals surface area contributed by atoms with E-state index in [0.29, 0.717) is 17.9 Å². The average Bonchev–Trinajstić information content (AvgIpc) is 3.08. The third-order valence-electron chi connectivity index (χ3n) is 4.74. The van der Waals surface area contributed by atoms with Crippen molar-refractivity contribution in [2.24, 2.45) is 0 Å². The molecule has 1 N–H and O–H groups in total. The largest absolute Gasteiger partial charge is 0.497 e. The first kappa shape index (κ1) is 20.8. The van der Waals surface area contributed by atoms with E-state index in [2.05, 4.69) is 5.32 Å². The molecule has 8 nitrogen and oxygen atoms in total. The van der Waals surface area contributed by atoms with Gasteiger partial charge >= 0.3 is 0 Å². The Morgan fingerprint density at radius 3 is 2.28 bits per heavy atom. The zero-order valence-corrected chi connectivity index (χ0v) is 17.3. The predicted molar refractivity (Wildman–Crippen MR) is 109 cm³/mol. The topological polar surface area (TPSA) is 96.0 Å². The van der Waals surface area contributed by atoms with Gasteiger partial charge in [-0.25, -0.2) is 12.7 Å². The normalized spacial score (nSPS) is 16.9. The Balaban J connectivity index is 1.66. The lowest BCUT2D eigenvalue weighted by molar-refractivity contribution is -0.117. The van der Waals surface area contributed by atoms with Crippen molar-refractivity contribution in [1.82, 2.24) is 9.62 Å².